The van der Waals surface area contributed by atoms with Crippen LogP contribution in [0.15, 0.2) is 34.8 Å². The van der Waals surface area contributed by atoms with Crippen LogP contribution in [0.25, 0.3) is 0 Å². The van der Waals surface area contributed by atoms with Crippen molar-refractivity contribution < 1.29 is 23.4 Å². The normalized spacial score (nSPS) is 10.3. The maximum absolute atomic E-state index is 13.3. The van der Waals surface area contributed by atoms with Crippen molar-refractivity contribution in [3.05, 3.63) is 51.7 Å². The summed E-state index contributed by atoms with van der Waals surface area (Å²) in [6.07, 6.45) is 0.735. The minimum Gasteiger partial charge on any atom is -0.493 e. The number of carbonyl (C=O) groups is 1. The van der Waals surface area contributed by atoms with Gasteiger partial charge >= 0.3 is 0 Å². The van der Waals surface area contributed by atoms with Crippen molar-refractivity contribution >= 4 is 21.8 Å². The van der Waals surface area contributed by atoms with Crippen molar-refractivity contribution in [1.82, 2.24) is 5.32 Å². The van der Waals surface area contributed by atoms with E-state index in [4.69, 9.17) is 14.2 Å². The maximum atomic E-state index is 13.3. The van der Waals surface area contributed by atoms with Crippen LogP contribution in [0.1, 0.15) is 17.5 Å². The van der Waals surface area contributed by atoms with Crippen LogP contribution in [-0.4, -0.2) is 27.2 Å². The number of nitrogens with one attached hydrogen (secondary N) is 1. The number of aryl methyl sites for hydroxylation is 1. The standard InChI is InChI=1S/C19H21BrFNO4/c1-24-16-8-4-12(18(25-2)19(16)26-3)5-9-17(23)22-11-13-10-14(21)6-7-15(13)20/h4,6-8,10H,5,9,11H2,1-3H3,(H,22,23). The molecule has 1 N–H and O–H groups in total. The molecule has 0 radical (unpaired) electrons. The van der Waals surface area contributed by atoms with Gasteiger partial charge in [-0.1, -0.05) is 22.0 Å². The lowest BCUT2D eigenvalue weighted by molar-refractivity contribution is -0.121. The monoisotopic (exact) mass is 425 g/mol. The van der Waals surface area contributed by atoms with E-state index in [2.05, 4.69) is 21.2 Å². The van der Waals surface area contributed by atoms with E-state index in [1.807, 2.05) is 6.07 Å². The Morgan fingerprint density at radius 2 is 1.77 bits per heavy atom. The SMILES string of the molecule is COc1ccc(CCC(=O)NCc2cc(F)ccc2Br)c(OC)c1OC. The zero-order valence-electron chi connectivity index (χ0n) is 14.9. The summed E-state index contributed by atoms with van der Waals surface area (Å²) in [5.41, 5.74) is 1.52. The van der Waals surface area contributed by atoms with Crippen LogP contribution in [0.5, 0.6) is 17.2 Å². The fourth-order valence-electron chi connectivity index (χ4n) is 2.57. The number of rotatable bonds is 8. The van der Waals surface area contributed by atoms with Crippen LogP contribution >= 0.6 is 15.9 Å². The Bertz CT molecular complexity index is 782. The molecule has 0 bridgehead atoms. The molecule has 0 aromatic heterocycles. The zero-order chi connectivity index (χ0) is 19.1. The molecule has 7 heteroatoms. The Morgan fingerprint density at radius 3 is 2.42 bits per heavy atom. The van der Waals surface area contributed by atoms with E-state index in [1.165, 1.54) is 19.2 Å². The molecule has 0 aliphatic rings. The second-order valence-electron chi connectivity index (χ2n) is 5.51. The van der Waals surface area contributed by atoms with E-state index in [0.29, 0.717) is 29.2 Å². The third-order valence-electron chi connectivity index (χ3n) is 3.89. The highest BCUT2D eigenvalue weighted by Crippen LogP contribution is 2.40. The zero-order valence-corrected chi connectivity index (χ0v) is 16.5. The van der Waals surface area contributed by atoms with Crippen molar-refractivity contribution in [1.29, 1.82) is 0 Å². The second kappa shape index (κ2) is 9.43. The first-order valence-corrected chi connectivity index (χ1v) is 8.78. The van der Waals surface area contributed by atoms with Crippen LogP contribution in [0.3, 0.4) is 0 Å². The smallest absolute Gasteiger partial charge is 0.220 e. The lowest BCUT2D eigenvalue weighted by Gasteiger charge is -2.15. The number of hydrogen-bond acceptors (Lipinski definition) is 4. The molecule has 0 aliphatic carbocycles. The predicted molar refractivity (Wildman–Crippen MR) is 100 cm³/mol. The predicted octanol–water partition coefficient (Wildman–Crippen LogP) is 3.86. The van der Waals surface area contributed by atoms with Gasteiger partial charge in [-0.05, 0) is 41.8 Å². The van der Waals surface area contributed by atoms with Gasteiger partial charge in [0.15, 0.2) is 11.5 Å². The molecule has 0 saturated heterocycles. The van der Waals surface area contributed by atoms with Crippen molar-refractivity contribution in [2.75, 3.05) is 21.3 Å². The first-order valence-electron chi connectivity index (χ1n) is 7.98. The molecule has 0 heterocycles. The highest BCUT2D eigenvalue weighted by molar-refractivity contribution is 9.10. The van der Waals surface area contributed by atoms with Crippen molar-refractivity contribution in [3.63, 3.8) is 0 Å². The fourth-order valence-corrected chi connectivity index (χ4v) is 2.96. The molecule has 0 fully saturated rings. The van der Waals surface area contributed by atoms with Gasteiger partial charge in [-0.25, -0.2) is 4.39 Å². The summed E-state index contributed by atoms with van der Waals surface area (Å²) in [5, 5.41) is 2.79. The second-order valence-corrected chi connectivity index (χ2v) is 6.36. The van der Waals surface area contributed by atoms with Crippen LogP contribution in [0.4, 0.5) is 4.39 Å². The first kappa shape index (κ1) is 20.0. The Kier molecular flexibility index (Phi) is 7.26. The summed E-state index contributed by atoms with van der Waals surface area (Å²) in [7, 11) is 4.63. The number of benzene rings is 2. The Balaban J connectivity index is 2.00. The Hall–Kier alpha value is -2.28. The van der Waals surface area contributed by atoms with E-state index in [1.54, 1.807) is 26.4 Å². The quantitative estimate of drug-likeness (QED) is 0.697. The summed E-state index contributed by atoms with van der Waals surface area (Å²) in [6.45, 7) is 0.250. The average molecular weight is 426 g/mol. The average Bonchev–Trinajstić information content (AvgIpc) is 2.65. The largest absolute Gasteiger partial charge is 0.493 e. The molecule has 0 saturated carbocycles. The maximum Gasteiger partial charge on any atom is 0.220 e. The third-order valence-corrected chi connectivity index (χ3v) is 4.66. The summed E-state index contributed by atoms with van der Waals surface area (Å²) < 4.78 is 30.0. The fraction of sp³-hybridized carbons (Fsp3) is 0.316. The molecule has 2 aromatic rings. The number of carbonyl (C=O) groups excluding carboxylic acids is 1. The van der Waals surface area contributed by atoms with Gasteiger partial charge in [0.1, 0.15) is 5.82 Å². The van der Waals surface area contributed by atoms with Crippen molar-refractivity contribution in [3.8, 4) is 17.2 Å². The van der Waals surface area contributed by atoms with E-state index < -0.39 is 0 Å². The minimum absolute atomic E-state index is 0.141. The Morgan fingerprint density at radius 1 is 1.04 bits per heavy atom. The van der Waals surface area contributed by atoms with Gasteiger partial charge < -0.3 is 19.5 Å². The van der Waals surface area contributed by atoms with Gasteiger partial charge in [0.25, 0.3) is 0 Å². The summed E-state index contributed by atoms with van der Waals surface area (Å²) in [5.74, 6) is 1.13. The van der Waals surface area contributed by atoms with E-state index in [9.17, 15) is 9.18 Å². The van der Waals surface area contributed by atoms with Gasteiger partial charge in [-0.3, -0.25) is 4.79 Å². The van der Waals surface area contributed by atoms with Gasteiger partial charge in [-0.15, -0.1) is 0 Å². The van der Waals surface area contributed by atoms with Crippen LogP contribution in [0.2, 0.25) is 0 Å². The van der Waals surface area contributed by atoms with E-state index in [-0.39, 0.29) is 24.7 Å². The minimum atomic E-state index is -0.340. The van der Waals surface area contributed by atoms with Crippen molar-refractivity contribution in [2.45, 2.75) is 19.4 Å². The van der Waals surface area contributed by atoms with E-state index in [0.717, 1.165) is 10.0 Å². The number of hydrogen-bond donors (Lipinski definition) is 1. The van der Waals surface area contributed by atoms with Gasteiger partial charge in [-0.2, -0.15) is 0 Å². The van der Waals surface area contributed by atoms with Gasteiger partial charge in [0, 0.05) is 17.4 Å². The topological polar surface area (TPSA) is 56.8 Å². The highest BCUT2D eigenvalue weighted by Gasteiger charge is 2.16. The number of methoxy groups -OCH3 is 3. The Labute approximate surface area is 160 Å². The molecule has 0 atom stereocenters. The summed E-state index contributed by atoms with van der Waals surface area (Å²) >= 11 is 3.34. The molecular formula is C19H21BrFNO4. The molecule has 140 valence electrons. The molecule has 2 aromatic carbocycles. The molecule has 26 heavy (non-hydrogen) atoms. The van der Waals surface area contributed by atoms with Gasteiger partial charge in [0.05, 0.1) is 21.3 Å². The summed E-state index contributed by atoms with van der Waals surface area (Å²) in [4.78, 5) is 12.1. The molecule has 0 aliphatic heterocycles. The summed E-state index contributed by atoms with van der Waals surface area (Å²) in [6, 6.07) is 7.99. The van der Waals surface area contributed by atoms with Crippen LogP contribution < -0.4 is 19.5 Å². The molecular weight excluding hydrogens is 405 g/mol. The lowest BCUT2D eigenvalue weighted by atomic mass is 10.1. The van der Waals surface area contributed by atoms with Crippen LogP contribution in [-0.2, 0) is 17.8 Å². The molecule has 0 unspecified atom stereocenters. The van der Waals surface area contributed by atoms with Crippen molar-refractivity contribution in [2.24, 2.45) is 0 Å². The molecule has 2 rings (SSSR count). The number of amides is 1. The lowest BCUT2D eigenvalue weighted by Crippen LogP contribution is -2.23. The molecule has 1 amide bonds. The molecule has 5 nitrogen and oxygen atoms in total. The number of halogens is 2. The van der Waals surface area contributed by atoms with Gasteiger partial charge in [0.2, 0.25) is 11.7 Å². The van der Waals surface area contributed by atoms with E-state index >= 15 is 0 Å². The molecule has 0 spiro atoms. The van der Waals surface area contributed by atoms with Crippen LogP contribution in [0, 0.1) is 5.82 Å². The third kappa shape index (κ3) is 4.88. The number of ether oxygens (including phenoxy) is 3. The highest BCUT2D eigenvalue weighted by atomic mass is 79.9. The first-order chi connectivity index (χ1) is 12.5.